The zero-order valence-electron chi connectivity index (χ0n) is 27.0. The molecule has 0 aliphatic rings. The molecule has 4 aromatic carbocycles. The van der Waals surface area contributed by atoms with Gasteiger partial charge in [0, 0.05) is 35.9 Å². The van der Waals surface area contributed by atoms with Gasteiger partial charge in [0.15, 0.2) is 0 Å². The first-order chi connectivity index (χ1) is 23.2. The number of thiophene rings is 1. The summed E-state index contributed by atoms with van der Waals surface area (Å²) in [7, 11) is 1.98. The highest BCUT2D eigenvalue weighted by Crippen LogP contribution is 2.39. The summed E-state index contributed by atoms with van der Waals surface area (Å²) in [5.41, 5.74) is 2.37. The van der Waals surface area contributed by atoms with Gasteiger partial charge in [0.2, 0.25) is 0 Å². The SMILES string of the molecule is CCC(=O)Cc1ccc(-c2sc3c(c2CN(C)C(C)c2ccccc2)c(=O)n(-c2ccccc2)c(=O)n3Cc2c(F)cccc2F)cc1. The monoisotopic (exact) mass is 663 g/mol. The fraction of sp³-hybridized carbons (Fsp3) is 0.205. The molecule has 0 aliphatic heterocycles. The van der Waals surface area contributed by atoms with Gasteiger partial charge in [-0.1, -0.05) is 85.8 Å². The summed E-state index contributed by atoms with van der Waals surface area (Å²) < 4.78 is 32.5. The zero-order chi connectivity index (χ0) is 33.9. The van der Waals surface area contributed by atoms with Gasteiger partial charge in [0.05, 0.1) is 17.6 Å². The summed E-state index contributed by atoms with van der Waals surface area (Å²) >= 11 is 1.25. The summed E-state index contributed by atoms with van der Waals surface area (Å²) in [6.45, 7) is 3.86. The van der Waals surface area contributed by atoms with Gasteiger partial charge in [-0.05, 0) is 60.5 Å². The van der Waals surface area contributed by atoms with E-state index in [0.29, 0.717) is 40.9 Å². The third kappa shape index (κ3) is 6.43. The minimum atomic E-state index is -0.779. The highest BCUT2D eigenvalue weighted by atomic mass is 32.1. The lowest BCUT2D eigenvalue weighted by Gasteiger charge is -2.25. The van der Waals surface area contributed by atoms with Crippen molar-refractivity contribution >= 4 is 27.3 Å². The molecule has 2 heterocycles. The Morgan fingerprint density at radius 2 is 1.46 bits per heavy atom. The molecule has 6 nitrogen and oxygen atoms in total. The number of halogens is 2. The minimum absolute atomic E-state index is 0.0220. The zero-order valence-corrected chi connectivity index (χ0v) is 27.8. The molecule has 1 unspecified atom stereocenters. The fourth-order valence-electron chi connectivity index (χ4n) is 5.94. The van der Waals surface area contributed by atoms with Crippen LogP contribution >= 0.6 is 11.3 Å². The van der Waals surface area contributed by atoms with Crippen LogP contribution in [0.1, 0.15) is 48.6 Å². The Balaban J connectivity index is 1.62. The van der Waals surface area contributed by atoms with Crippen molar-refractivity contribution in [2.75, 3.05) is 7.05 Å². The number of fused-ring (bicyclic) bond motifs is 1. The van der Waals surface area contributed by atoms with Gasteiger partial charge in [0.25, 0.3) is 5.56 Å². The first-order valence-corrected chi connectivity index (χ1v) is 16.6. The van der Waals surface area contributed by atoms with E-state index < -0.39 is 29.4 Å². The fourth-order valence-corrected chi connectivity index (χ4v) is 7.24. The van der Waals surface area contributed by atoms with E-state index in [0.717, 1.165) is 38.3 Å². The van der Waals surface area contributed by atoms with E-state index in [9.17, 15) is 14.4 Å². The van der Waals surface area contributed by atoms with Crippen molar-refractivity contribution in [1.82, 2.24) is 14.0 Å². The number of hydrogen-bond donors (Lipinski definition) is 0. The Morgan fingerprint density at radius 1 is 0.833 bits per heavy atom. The Morgan fingerprint density at radius 3 is 2.08 bits per heavy atom. The Kier molecular flexibility index (Phi) is 9.61. The number of aromatic nitrogens is 2. The molecule has 0 bridgehead atoms. The number of carbonyl (C=O) groups excluding carboxylic acids is 1. The molecule has 2 aromatic heterocycles. The van der Waals surface area contributed by atoms with Crippen LogP contribution in [0.3, 0.4) is 0 Å². The molecule has 48 heavy (non-hydrogen) atoms. The van der Waals surface area contributed by atoms with Crippen LogP contribution < -0.4 is 11.2 Å². The normalized spacial score (nSPS) is 12.1. The third-order valence-electron chi connectivity index (χ3n) is 8.83. The quantitative estimate of drug-likeness (QED) is 0.141. The second-order valence-corrected chi connectivity index (χ2v) is 12.9. The number of hydrogen-bond acceptors (Lipinski definition) is 5. The largest absolute Gasteiger partial charge is 0.337 e. The van der Waals surface area contributed by atoms with Gasteiger partial charge in [-0.25, -0.2) is 18.1 Å². The van der Waals surface area contributed by atoms with Crippen molar-refractivity contribution < 1.29 is 13.6 Å². The predicted octanol–water partition coefficient (Wildman–Crippen LogP) is 7.92. The summed E-state index contributed by atoms with van der Waals surface area (Å²) in [5.74, 6) is -1.43. The third-order valence-corrected chi connectivity index (χ3v) is 10.1. The number of rotatable bonds is 11. The summed E-state index contributed by atoms with van der Waals surface area (Å²) in [5, 5.41) is 0.313. The van der Waals surface area contributed by atoms with Crippen LogP contribution in [0.2, 0.25) is 0 Å². The van der Waals surface area contributed by atoms with Crippen LogP contribution in [-0.2, 0) is 24.3 Å². The molecule has 0 N–H and O–H groups in total. The van der Waals surface area contributed by atoms with E-state index in [4.69, 9.17) is 0 Å². The maximum atomic E-state index is 15.0. The lowest BCUT2D eigenvalue weighted by atomic mass is 10.0. The molecule has 6 aromatic rings. The standard InChI is InChI=1S/C39H35F2N3O3S/c1-4-30(45)22-26-18-20-28(21-19-26)36-32(23-42(3)25(2)27-12-7-5-8-13-27)35-37(46)44(29-14-9-6-10-15-29)39(47)43(38(35)48-36)24-31-33(40)16-11-17-34(31)41/h5-21,25H,4,22-24H2,1-3H3. The topological polar surface area (TPSA) is 64.3 Å². The first-order valence-electron chi connectivity index (χ1n) is 15.8. The molecule has 0 fully saturated rings. The lowest BCUT2D eigenvalue weighted by Crippen LogP contribution is -2.39. The van der Waals surface area contributed by atoms with Crippen molar-refractivity contribution in [3.63, 3.8) is 0 Å². The van der Waals surface area contributed by atoms with E-state index in [1.165, 1.54) is 22.0 Å². The van der Waals surface area contributed by atoms with E-state index in [1.807, 2.05) is 68.6 Å². The molecule has 0 spiro atoms. The van der Waals surface area contributed by atoms with Crippen LogP contribution in [0.15, 0.2) is 113 Å². The second kappa shape index (κ2) is 14.0. The van der Waals surface area contributed by atoms with Gasteiger partial charge < -0.3 is 0 Å². The minimum Gasteiger partial charge on any atom is -0.299 e. The highest BCUT2D eigenvalue weighted by Gasteiger charge is 2.26. The van der Waals surface area contributed by atoms with Crippen LogP contribution in [-0.4, -0.2) is 26.9 Å². The molecular weight excluding hydrogens is 629 g/mol. The first kappa shape index (κ1) is 32.9. The van der Waals surface area contributed by atoms with E-state index in [2.05, 4.69) is 11.8 Å². The summed E-state index contributed by atoms with van der Waals surface area (Å²) in [6, 6.07) is 29.8. The molecule has 244 valence electrons. The molecule has 0 aliphatic carbocycles. The highest BCUT2D eigenvalue weighted by molar-refractivity contribution is 7.22. The molecule has 0 saturated carbocycles. The Bertz CT molecular complexity index is 2190. The van der Waals surface area contributed by atoms with Crippen molar-refractivity contribution in [1.29, 1.82) is 0 Å². The van der Waals surface area contributed by atoms with Crippen LogP contribution in [0.5, 0.6) is 0 Å². The molecule has 1 atom stereocenters. The average molecular weight is 664 g/mol. The summed E-state index contributed by atoms with van der Waals surface area (Å²) in [4.78, 5) is 44.1. The van der Waals surface area contributed by atoms with Crippen molar-refractivity contribution in [2.45, 2.75) is 45.8 Å². The number of Topliss-reactive ketones (excluding diaryl/α,β-unsaturated/α-hetero) is 1. The molecule has 6 rings (SSSR count). The maximum Gasteiger partial charge on any atom is 0.337 e. The van der Waals surface area contributed by atoms with E-state index in [-0.39, 0.29) is 17.4 Å². The van der Waals surface area contributed by atoms with E-state index in [1.54, 1.807) is 30.3 Å². The summed E-state index contributed by atoms with van der Waals surface area (Å²) in [6.07, 6.45) is 0.769. The van der Waals surface area contributed by atoms with Gasteiger partial charge in [0.1, 0.15) is 22.2 Å². The molecule has 0 saturated heterocycles. The number of ketones is 1. The molecule has 0 radical (unpaired) electrons. The van der Waals surface area contributed by atoms with Gasteiger partial charge >= 0.3 is 5.69 Å². The van der Waals surface area contributed by atoms with Crippen molar-refractivity contribution in [3.05, 3.63) is 158 Å². The lowest BCUT2D eigenvalue weighted by molar-refractivity contribution is -0.118. The van der Waals surface area contributed by atoms with E-state index >= 15 is 8.78 Å². The molecular formula is C39H35F2N3O3S. The number of para-hydroxylation sites is 1. The predicted molar refractivity (Wildman–Crippen MR) is 188 cm³/mol. The Labute approximate surface area is 281 Å². The molecule has 0 amide bonds. The number of nitrogens with zero attached hydrogens (tertiary/aromatic N) is 3. The van der Waals surface area contributed by atoms with Gasteiger partial charge in [-0.3, -0.25) is 19.1 Å². The van der Waals surface area contributed by atoms with Crippen molar-refractivity contribution in [2.24, 2.45) is 0 Å². The molecule has 9 heteroatoms. The number of carbonyl (C=O) groups is 1. The maximum absolute atomic E-state index is 15.0. The van der Waals surface area contributed by atoms with Crippen molar-refractivity contribution in [3.8, 4) is 16.1 Å². The smallest absolute Gasteiger partial charge is 0.299 e. The van der Waals surface area contributed by atoms with Gasteiger partial charge in [-0.15, -0.1) is 11.3 Å². The average Bonchev–Trinajstić information content (AvgIpc) is 3.47. The Hall–Kier alpha value is -4.99. The van der Waals surface area contributed by atoms with Crippen LogP contribution in [0.25, 0.3) is 26.3 Å². The number of benzene rings is 4. The van der Waals surface area contributed by atoms with Crippen LogP contribution in [0.4, 0.5) is 8.78 Å². The second-order valence-electron chi connectivity index (χ2n) is 11.9. The van der Waals surface area contributed by atoms with Gasteiger partial charge in [-0.2, -0.15) is 0 Å². The van der Waals surface area contributed by atoms with Crippen LogP contribution in [0, 0.1) is 11.6 Å².